The van der Waals surface area contributed by atoms with Crippen molar-refractivity contribution in [3.05, 3.63) is 60.2 Å². The minimum Gasteiger partial charge on any atom is -0.493 e. The van der Waals surface area contributed by atoms with Crippen LogP contribution < -0.4 is 9.47 Å². The molecule has 0 fully saturated rings. The van der Waals surface area contributed by atoms with Crippen molar-refractivity contribution in [1.82, 2.24) is 0 Å². The Bertz CT molecular complexity index is 479. The zero-order valence-electron chi connectivity index (χ0n) is 11.5. The number of aliphatic hydroxyl groups is 1. The number of hydrogen-bond acceptors (Lipinski definition) is 3. The number of para-hydroxylation sites is 1. The summed E-state index contributed by atoms with van der Waals surface area (Å²) < 4.78 is 11.2. The average molecular weight is 272 g/mol. The van der Waals surface area contributed by atoms with Crippen molar-refractivity contribution >= 4 is 0 Å². The Hall–Kier alpha value is -2.00. The van der Waals surface area contributed by atoms with Crippen molar-refractivity contribution in [1.29, 1.82) is 0 Å². The van der Waals surface area contributed by atoms with Gasteiger partial charge in [-0.2, -0.15) is 0 Å². The summed E-state index contributed by atoms with van der Waals surface area (Å²) in [5.74, 6) is 1.74. The Labute approximate surface area is 119 Å². The third-order valence-corrected chi connectivity index (χ3v) is 2.89. The molecule has 0 heterocycles. The fourth-order valence-corrected chi connectivity index (χ4v) is 1.84. The van der Waals surface area contributed by atoms with E-state index in [1.807, 2.05) is 54.6 Å². The summed E-state index contributed by atoms with van der Waals surface area (Å²) in [7, 11) is 0. The number of rotatable bonds is 8. The van der Waals surface area contributed by atoms with Crippen LogP contribution in [0.25, 0.3) is 0 Å². The molecule has 0 saturated carbocycles. The first-order chi connectivity index (χ1) is 9.88. The van der Waals surface area contributed by atoms with Gasteiger partial charge >= 0.3 is 0 Å². The molecule has 0 aliphatic carbocycles. The van der Waals surface area contributed by atoms with Crippen molar-refractivity contribution in [3.8, 4) is 11.5 Å². The lowest BCUT2D eigenvalue weighted by molar-refractivity contribution is 0.247. The largest absolute Gasteiger partial charge is 0.493 e. The molecule has 1 N–H and O–H groups in total. The topological polar surface area (TPSA) is 38.7 Å². The molecule has 2 aromatic carbocycles. The van der Waals surface area contributed by atoms with Crippen LogP contribution in [0.2, 0.25) is 0 Å². The second-order valence-electron chi connectivity index (χ2n) is 4.48. The summed E-state index contributed by atoms with van der Waals surface area (Å²) in [5, 5.41) is 8.84. The maximum atomic E-state index is 8.84. The molecule has 0 spiro atoms. The lowest BCUT2D eigenvalue weighted by Gasteiger charge is -2.08. The molecule has 0 atom stereocenters. The molecule has 106 valence electrons. The lowest BCUT2D eigenvalue weighted by Crippen LogP contribution is -2.05. The van der Waals surface area contributed by atoms with E-state index in [1.54, 1.807) is 0 Å². The van der Waals surface area contributed by atoms with Crippen LogP contribution in [0, 0.1) is 0 Å². The van der Waals surface area contributed by atoms with Gasteiger partial charge in [-0.05, 0) is 36.2 Å². The minimum absolute atomic E-state index is 0.178. The molecular formula is C17H20O3. The van der Waals surface area contributed by atoms with Gasteiger partial charge in [-0.15, -0.1) is 0 Å². The van der Waals surface area contributed by atoms with Gasteiger partial charge in [-0.3, -0.25) is 0 Å². The molecule has 0 radical (unpaired) electrons. The van der Waals surface area contributed by atoms with E-state index in [-0.39, 0.29) is 6.61 Å². The quantitative estimate of drug-likeness (QED) is 0.751. The number of hydrogen-bond donors (Lipinski definition) is 1. The summed E-state index contributed by atoms with van der Waals surface area (Å²) in [6.45, 7) is 1.45. The van der Waals surface area contributed by atoms with Crippen LogP contribution in [0.4, 0.5) is 0 Å². The van der Waals surface area contributed by atoms with Gasteiger partial charge in [0.15, 0.2) is 0 Å². The van der Waals surface area contributed by atoms with E-state index in [4.69, 9.17) is 14.6 Å². The van der Waals surface area contributed by atoms with E-state index in [0.717, 1.165) is 23.5 Å². The fraction of sp³-hybridized carbons (Fsp3) is 0.294. The molecule has 0 bridgehead atoms. The Morgan fingerprint density at radius 1 is 0.750 bits per heavy atom. The van der Waals surface area contributed by atoms with Gasteiger partial charge in [0, 0.05) is 13.0 Å². The summed E-state index contributed by atoms with van der Waals surface area (Å²) in [6.07, 6.45) is 1.53. The maximum Gasteiger partial charge on any atom is 0.119 e. The summed E-state index contributed by atoms with van der Waals surface area (Å²) in [6, 6.07) is 17.6. The van der Waals surface area contributed by atoms with Crippen molar-refractivity contribution in [2.45, 2.75) is 12.8 Å². The predicted octanol–water partition coefficient (Wildman–Crippen LogP) is 3.07. The van der Waals surface area contributed by atoms with Crippen LogP contribution in [0.5, 0.6) is 11.5 Å². The maximum absolute atomic E-state index is 8.84. The van der Waals surface area contributed by atoms with Crippen LogP contribution in [-0.2, 0) is 6.42 Å². The Balaban J connectivity index is 1.63. The Kier molecular flexibility index (Phi) is 5.93. The zero-order valence-corrected chi connectivity index (χ0v) is 11.5. The van der Waals surface area contributed by atoms with Gasteiger partial charge in [-0.1, -0.05) is 30.3 Å². The first-order valence-electron chi connectivity index (χ1n) is 6.89. The smallest absolute Gasteiger partial charge is 0.119 e. The molecule has 0 aliphatic heterocycles. The van der Waals surface area contributed by atoms with Crippen molar-refractivity contribution < 1.29 is 14.6 Å². The molecule has 2 rings (SSSR count). The highest BCUT2D eigenvalue weighted by Crippen LogP contribution is 2.13. The third-order valence-electron chi connectivity index (χ3n) is 2.89. The second-order valence-corrected chi connectivity index (χ2v) is 4.48. The Morgan fingerprint density at radius 2 is 1.35 bits per heavy atom. The summed E-state index contributed by atoms with van der Waals surface area (Å²) >= 11 is 0. The van der Waals surface area contributed by atoms with Crippen LogP contribution >= 0.6 is 0 Å². The molecule has 3 nitrogen and oxygen atoms in total. The SMILES string of the molecule is OCCc1ccc(OCCCOc2ccccc2)cc1. The van der Waals surface area contributed by atoms with Gasteiger partial charge in [-0.25, -0.2) is 0 Å². The zero-order chi connectivity index (χ0) is 14.0. The monoisotopic (exact) mass is 272 g/mol. The van der Waals surface area contributed by atoms with E-state index in [1.165, 1.54) is 0 Å². The first-order valence-corrected chi connectivity index (χ1v) is 6.89. The molecule has 0 amide bonds. The van der Waals surface area contributed by atoms with Crippen molar-refractivity contribution in [2.75, 3.05) is 19.8 Å². The van der Waals surface area contributed by atoms with Crippen LogP contribution in [0.15, 0.2) is 54.6 Å². The van der Waals surface area contributed by atoms with Crippen LogP contribution in [-0.4, -0.2) is 24.9 Å². The van der Waals surface area contributed by atoms with Gasteiger partial charge < -0.3 is 14.6 Å². The molecule has 0 unspecified atom stereocenters. The van der Waals surface area contributed by atoms with Gasteiger partial charge in [0.1, 0.15) is 11.5 Å². The fourth-order valence-electron chi connectivity index (χ4n) is 1.84. The van der Waals surface area contributed by atoms with Gasteiger partial charge in [0.2, 0.25) is 0 Å². The van der Waals surface area contributed by atoms with E-state index >= 15 is 0 Å². The number of benzene rings is 2. The van der Waals surface area contributed by atoms with Gasteiger partial charge in [0.05, 0.1) is 13.2 Å². The lowest BCUT2D eigenvalue weighted by atomic mass is 10.1. The van der Waals surface area contributed by atoms with Crippen LogP contribution in [0.3, 0.4) is 0 Å². The van der Waals surface area contributed by atoms with E-state index in [9.17, 15) is 0 Å². The summed E-state index contributed by atoms with van der Waals surface area (Å²) in [4.78, 5) is 0. The standard InChI is InChI=1S/C17H20O3/c18-12-11-15-7-9-17(10-8-15)20-14-4-13-19-16-5-2-1-3-6-16/h1-3,5-10,18H,4,11-14H2. The van der Waals surface area contributed by atoms with Gasteiger partial charge in [0.25, 0.3) is 0 Å². The van der Waals surface area contributed by atoms with E-state index < -0.39 is 0 Å². The van der Waals surface area contributed by atoms with Crippen molar-refractivity contribution in [2.24, 2.45) is 0 Å². The molecular weight excluding hydrogens is 252 g/mol. The summed E-state index contributed by atoms with van der Waals surface area (Å²) in [5.41, 5.74) is 1.12. The second kappa shape index (κ2) is 8.23. The van der Waals surface area contributed by atoms with E-state index in [0.29, 0.717) is 19.6 Å². The van der Waals surface area contributed by atoms with Crippen molar-refractivity contribution in [3.63, 3.8) is 0 Å². The number of aliphatic hydroxyl groups excluding tert-OH is 1. The van der Waals surface area contributed by atoms with E-state index in [2.05, 4.69) is 0 Å². The molecule has 20 heavy (non-hydrogen) atoms. The normalized spacial score (nSPS) is 10.2. The third kappa shape index (κ3) is 4.94. The molecule has 3 heteroatoms. The molecule has 0 aromatic heterocycles. The van der Waals surface area contributed by atoms with Crippen LogP contribution in [0.1, 0.15) is 12.0 Å². The first kappa shape index (κ1) is 14.4. The highest BCUT2D eigenvalue weighted by atomic mass is 16.5. The molecule has 0 aliphatic rings. The minimum atomic E-state index is 0.178. The molecule has 0 saturated heterocycles. The number of ether oxygens (including phenoxy) is 2. The molecule has 2 aromatic rings. The highest BCUT2D eigenvalue weighted by molar-refractivity contribution is 5.27. The Morgan fingerprint density at radius 3 is 1.95 bits per heavy atom. The average Bonchev–Trinajstić information content (AvgIpc) is 2.50. The predicted molar refractivity (Wildman–Crippen MR) is 79.3 cm³/mol. The highest BCUT2D eigenvalue weighted by Gasteiger charge is 1.96.